The van der Waals surface area contributed by atoms with Gasteiger partial charge in [0.2, 0.25) is 0 Å². The minimum absolute atomic E-state index is 0.0811. The molecule has 1 aromatic rings. The molecule has 8 heteroatoms. The van der Waals surface area contributed by atoms with E-state index < -0.39 is 17.9 Å². The molecule has 2 rings (SSSR count). The highest BCUT2D eigenvalue weighted by Crippen LogP contribution is 2.39. The smallest absolute Gasteiger partial charge is 0.336 e. The number of rotatable bonds is 6. The summed E-state index contributed by atoms with van der Waals surface area (Å²) in [6.07, 6.45) is 2.50. The number of hydrogen-bond acceptors (Lipinski definition) is 7. The van der Waals surface area contributed by atoms with Crippen LogP contribution in [0.25, 0.3) is 0 Å². The van der Waals surface area contributed by atoms with Gasteiger partial charge in [-0.15, -0.1) is 0 Å². The number of ether oxygens (including phenoxy) is 2. The van der Waals surface area contributed by atoms with Crippen LogP contribution in [0.5, 0.6) is 0 Å². The Morgan fingerprint density at radius 2 is 1.89 bits per heavy atom. The molecule has 0 aromatic carbocycles. The number of nitriles is 1. The van der Waals surface area contributed by atoms with Crippen molar-refractivity contribution in [1.29, 1.82) is 5.26 Å². The second-order valence-corrected chi connectivity index (χ2v) is 5.76. The molecule has 0 radical (unpaired) electrons. The third-order valence-corrected chi connectivity index (χ3v) is 4.02. The maximum absolute atomic E-state index is 12.7. The molecule has 1 atom stereocenters. The predicted molar refractivity (Wildman–Crippen MR) is 94.5 cm³/mol. The summed E-state index contributed by atoms with van der Waals surface area (Å²) >= 11 is 0. The van der Waals surface area contributed by atoms with E-state index in [1.807, 2.05) is 6.07 Å². The SMILES string of the molecule is CCOC(=O)C1=C(C)NC(CC#N)=C(C(=O)OCC)C1c1ccc[n+]([O-])c1. The molecule has 27 heavy (non-hydrogen) atoms. The van der Waals surface area contributed by atoms with E-state index in [0.717, 1.165) is 0 Å². The van der Waals surface area contributed by atoms with Crippen LogP contribution in [0.15, 0.2) is 47.1 Å². The van der Waals surface area contributed by atoms with Crippen molar-refractivity contribution in [3.8, 4) is 6.07 Å². The van der Waals surface area contributed by atoms with Gasteiger partial charge < -0.3 is 20.0 Å². The van der Waals surface area contributed by atoms with Crippen LogP contribution in [0, 0.1) is 16.5 Å². The quantitative estimate of drug-likeness (QED) is 0.458. The third kappa shape index (κ3) is 4.26. The van der Waals surface area contributed by atoms with Crippen LogP contribution in [0.4, 0.5) is 0 Å². The summed E-state index contributed by atoms with van der Waals surface area (Å²) in [5.74, 6) is -2.14. The van der Waals surface area contributed by atoms with Crippen LogP contribution < -0.4 is 10.0 Å². The molecule has 1 aliphatic heterocycles. The number of carbonyl (C=O) groups is 2. The standard InChI is InChI=1S/C19H21N3O5/c1-4-26-18(23)15-12(3)21-14(8-9-20)17(19(24)27-5-2)16(15)13-7-6-10-22(25)11-13/h6-7,10-11,16,21H,4-5,8H2,1-3H3. The molecular formula is C19H21N3O5. The van der Waals surface area contributed by atoms with E-state index in [2.05, 4.69) is 5.32 Å². The fourth-order valence-corrected chi connectivity index (χ4v) is 3.02. The van der Waals surface area contributed by atoms with Crippen molar-refractivity contribution in [2.45, 2.75) is 33.1 Å². The first-order valence-electron chi connectivity index (χ1n) is 8.55. The maximum Gasteiger partial charge on any atom is 0.336 e. The Balaban J connectivity index is 2.72. The molecule has 0 bridgehead atoms. The molecule has 2 heterocycles. The Morgan fingerprint density at radius 3 is 2.44 bits per heavy atom. The lowest BCUT2D eigenvalue weighted by molar-refractivity contribution is -0.605. The van der Waals surface area contributed by atoms with Gasteiger partial charge in [0, 0.05) is 23.0 Å². The van der Waals surface area contributed by atoms with Gasteiger partial charge in [-0.3, -0.25) is 0 Å². The van der Waals surface area contributed by atoms with Crippen LogP contribution in [0.1, 0.15) is 38.7 Å². The van der Waals surface area contributed by atoms with E-state index in [1.165, 1.54) is 18.5 Å². The van der Waals surface area contributed by atoms with Gasteiger partial charge in [-0.2, -0.15) is 9.99 Å². The number of aromatic nitrogens is 1. The van der Waals surface area contributed by atoms with Gasteiger partial charge in [-0.05, 0) is 26.8 Å². The van der Waals surface area contributed by atoms with Crippen LogP contribution >= 0.6 is 0 Å². The first-order valence-corrected chi connectivity index (χ1v) is 8.55. The normalized spacial score (nSPS) is 16.4. The van der Waals surface area contributed by atoms with Crippen LogP contribution in [-0.2, 0) is 19.1 Å². The summed E-state index contributed by atoms with van der Waals surface area (Å²) in [4.78, 5) is 25.3. The number of nitrogens with one attached hydrogen (secondary N) is 1. The largest absolute Gasteiger partial charge is 0.619 e. The van der Waals surface area contributed by atoms with E-state index in [4.69, 9.17) is 14.7 Å². The van der Waals surface area contributed by atoms with Gasteiger partial charge in [0.05, 0.1) is 42.8 Å². The molecule has 1 aliphatic rings. The van der Waals surface area contributed by atoms with Crippen molar-refractivity contribution in [1.82, 2.24) is 5.32 Å². The lowest BCUT2D eigenvalue weighted by atomic mass is 9.80. The minimum Gasteiger partial charge on any atom is -0.619 e. The van der Waals surface area contributed by atoms with Gasteiger partial charge in [0.1, 0.15) is 0 Å². The second-order valence-electron chi connectivity index (χ2n) is 5.76. The van der Waals surface area contributed by atoms with Crippen LogP contribution in [-0.4, -0.2) is 25.2 Å². The van der Waals surface area contributed by atoms with E-state index >= 15 is 0 Å². The Morgan fingerprint density at radius 1 is 1.26 bits per heavy atom. The second kappa shape index (κ2) is 8.85. The fourth-order valence-electron chi connectivity index (χ4n) is 3.02. The summed E-state index contributed by atoms with van der Waals surface area (Å²) < 4.78 is 10.9. The first kappa shape index (κ1) is 20.0. The molecule has 0 saturated carbocycles. The number of dihydropyridines is 1. The molecule has 8 nitrogen and oxygen atoms in total. The Labute approximate surface area is 157 Å². The molecule has 142 valence electrons. The molecule has 0 fully saturated rings. The van der Waals surface area contributed by atoms with Crippen LogP contribution in [0.2, 0.25) is 0 Å². The monoisotopic (exact) mass is 371 g/mol. The molecule has 1 aromatic heterocycles. The van der Waals surface area contributed by atoms with Gasteiger partial charge in [-0.25, -0.2) is 9.59 Å². The molecule has 0 amide bonds. The molecule has 0 aliphatic carbocycles. The van der Waals surface area contributed by atoms with E-state index in [9.17, 15) is 14.8 Å². The highest BCUT2D eigenvalue weighted by Gasteiger charge is 2.39. The lowest BCUT2D eigenvalue weighted by Crippen LogP contribution is -2.35. The van der Waals surface area contributed by atoms with Crippen molar-refractivity contribution < 1.29 is 23.8 Å². The number of allylic oxidation sites excluding steroid dienone is 2. The highest BCUT2D eigenvalue weighted by molar-refractivity contribution is 5.99. The van der Waals surface area contributed by atoms with Gasteiger partial charge in [0.25, 0.3) is 0 Å². The number of nitrogens with zero attached hydrogens (tertiary/aromatic N) is 2. The van der Waals surface area contributed by atoms with Crippen molar-refractivity contribution in [2.24, 2.45) is 0 Å². The van der Waals surface area contributed by atoms with Gasteiger partial charge >= 0.3 is 11.9 Å². The molecule has 1 unspecified atom stereocenters. The molecule has 1 N–H and O–H groups in total. The third-order valence-electron chi connectivity index (χ3n) is 4.02. The van der Waals surface area contributed by atoms with Crippen LogP contribution in [0.3, 0.4) is 0 Å². The van der Waals surface area contributed by atoms with Crippen molar-refractivity contribution in [2.75, 3.05) is 13.2 Å². The summed E-state index contributed by atoms with van der Waals surface area (Å²) in [6, 6.07) is 5.17. The summed E-state index contributed by atoms with van der Waals surface area (Å²) in [5, 5.41) is 23.9. The number of pyridine rings is 1. The highest BCUT2D eigenvalue weighted by atomic mass is 16.5. The van der Waals surface area contributed by atoms with Crippen molar-refractivity contribution in [3.05, 3.63) is 57.8 Å². The fraction of sp³-hybridized carbons (Fsp3) is 0.368. The zero-order valence-corrected chi connectivity index (χ0v) is 15.4. The summed E-state index contributed by atoms with van der Waals surface area (Å²) in [6.45, 7) is 5.28. The van der Waals surface area contributed by atoms with Gasteiger partial charge in [-0.1, -0.05) is 0 Å². The van der Waals surface area contributed by atoms with E-state index in [-0.39, 0.29) is 30.8 Å². The minimum atomic E-state index is -0.880. The zero-order chi connectivity index (χ0) is 20.0. The average molecular weight is 371 g/mol. The number of carbonyl (C=O) groups excluding carboxylic acids is 2. The Hall–Kier alpha value is -3.34. The summed E-state index contributed by atoms with van der Waals surface area (Å²) in [7, 11) is 0. The average Bonchev–Trinajstić information content (AvgIpc) is 2.61. The first-order chi connectivity index (χ1) is 12.9. The van der Waals surface area contributed by atoms with Crippen molar-refractivity contribution >= 4 is 11.9 Å². The van der Waals surface area contributed by atoms with Crippen molar-refractivity contribution in [3.63, 3.8) is 0 Å². The van der Waals surface area contributed by atoms with E-state index in [0.29, 0.717) is 21.7 Å². The topological polar surface area (TPSA) is 115 Å². The number of esters is 2. The molecule has 0 spiro atoms. The molecular weight excluding hydrogens is 350 g/mol. The Kier molecular flexibility index (Phi) is 6.55. The maximum atomic E-state index is 12.7. The zero-order valence-electron chi connectivity index (χ0n) is 15.4. The summed E-state index contributed by atoms with van der Waals surface area (Å²) in [5.41, 5.74) is 1.55. The van der Waals surface area contributed by atoms with Gasteiger partial charge in [0.15, 0.2) is 12.4 Å². The van der Waals surface area contributed by atoms with E-state index in [1.54, 1.807) is 26.8 Å². The predicted octanol–water partition coefficient (Wildman–Crippen LogP) is 1.57. The molecule has 0 saturated heterocycles. The number of hydrogen-bond donors (Lipinski definition) is 1. The lowest BCUT2D eigenvalue weighted by Gasteiger charge is -2.30. The Bertz CT molecular complexity index is 851.